The van der Waals surface area contributed by atoms with Gasteiger partial charge in [0.25, 0.3) is 0 Å². The minimum atomic E-state index is -0.810. The molecular formula is C12H7FINO2S. The summed E-state index contributed by atoms with van der Waals surface area (Å²) >= 11 is 3.57. The Morgan fingerprint density at radius 2 is 1.72 bits per heavy atom. The van der Waals surface area contributed by atoms with Crippen LogP contribution in [-0.4, -0.2) is 4.92 Å². The van der Waals surface area contributed by atoms with E-state index in [2.05, 4.69) is 22.6 Å². The van der Waals surface area contributed by atoms with E-state index < -0.39 is 16.4 Å². The summed E-state index contributed by atoms with van der Waals surface area (Å²) in [4.78, 5) is 11.4. The molecule has 2 rings (SSSR count). The molecule has 0 radical (unpaired) electrons. The maximum absolute atomic E-state index is 13.4. The van der Waals surface area contributed by atoms with E-state index in [0.29, 0.717) is 4.90 Å². The lowest BCUT2D eigenvalue weighted by atomic mass is 10.3. The van der Waals surface area contributed by atoms with Crippen LogP contribution >= 0.6 is 34.4 Å². The minimum absolute atomic E-state index is 0.498. The molecule has 3 nitrogen and oxygen atoms in total. The molecule has 0 fully saturated rings. The van der Waals surface area contributed by atoms with Crippen LogP contribution in [0.5, 0.6) is 0 Å². The number of hydrogen-bond donors (Lipinski definition) is 0. The first-order chi connectivity index (χ1) is 8.56. The first-order valence-electron chi connectivity index (χ1n) is 4.93. The lowest BCUT2D eigenvalue weighted by Gasteiger charge is -2.02. The average molecular weight is 375 g/mol. The summed E-state index contributed by atoms with van der Waals surface area (Å²) in [7, 11) is 0. The Morgan fingerprint density at radius 1 is 1.11 bits per heavy atom. The first kappa shape index (κ1) is 13.3. The van der Waals surface area contributed by atoms with Gasteiger partial charge in [-0.05, 0) is 59.0 Å². The number of hydrogen-bond acceptors (Lipinski definition) is 3. The van der Waals surface area contributed by atoms with E-state index in [0.717, 1.165) is 8.47 Å². The van der Waals surface area contributed by atoms with Crippen molar-refractivity contribution in [1.82, 2.24) is 0 Å². The highest BCUT2D eigenvalue weighted by atomic mass is 127. The van der Waals surface area contributed by atoms with Crippen molar-refractivity contribution in [2.75, 3.05) is 0 Å². The maximum atomic E-state index is 13.4. The molecule has 0 atom stereocenters. The molecular weight excluding hydrogens is 368 g/mol. The molecule has 0 amide bonds. The molecule has 18 heavy (non-hydrogen) atoms. The van der Waals surface area contributed by atoms with Gasteiger partial charge in [-0.2, -0.15) is 4.39 Å². The summed E-state index contributed by atoms with van der Waals surface area (Å²) in [6.45, 7) is 0. The van der Waals surface area contributed by atoms with E-state index >= 15 is 0 Å². The van der Waals surface area contributed by atoms with Crippen molar-refractivity contribution >= 4 is 40.0 Å². The molecule has 0 spiro atoms. The van der Waals surface area contributed by atoms with Gasteiger partial charge in [0.05, 0.1) is 4.92 Å². The van der Waals surface area contributed by atoms with Crippen molar-refractivity contribution in [3.63, 3.8) is 0 Å². The van der Waals surface area contributed by atoms with Crippen LogP contribution in [0.15, 0.2) is 52.3 Å². The first-order valence-corrected chi connectivity index (χ1v) is 6.83. The van der Waals surface area contributed by atoms with E-state index in [1.807, 2.05) is 24.3 Å². The molecule has 0 aromatic heterocycles. The van der Waals surface area contributed by atoms with Crippen LogP contribution in [0.1, 0.15) is 0 Å². The Labute approximate surface area is 121 Å². The highest BCUT2D eigenvalue weighted by Crippen LogP contribution is 2.30. The number of nitro groups is 1. The van der Waals surface area contributed by atoms with Crippen molar-refractivity contribution in [2.24, 2.45) is 0 Å². The third-order valence-corrected chi connectivity index (χ3v) is 3.88. The van der Waals surface area contributed by atoms with E-state index in [9.17, 15) is 14.5 Å². The molecule has 0 saturated heterocycles. The van der Waals surface area contributed by atoms with Gasteiger partial charge in [0, 0.05) is 19.4 Å². The fourth-order valence-corrected chi connectivity index (χ4v) is 2.54. The Balaban J connectivity index is 2.22. The van der Waals surface area contributed by atoms with Gasteiger partial charge in [-0.3, -0.25) is 10.1 Å². The number of benzene rings is 2. The van der Waals surface area contributed by atoms with Crippen molar-refractivity contribution in [2.45, 2.75) is 9.79 Å². The SMILES string of the molecule is O=[N+]([O-])c1ccc(Sc2ccc(I)cc2)cc1F. The van der Waals surface area contributed by atoms with Crippen molar-refractivity contribution in [3.8, 4) is 0 Å². The van der Waals surface area contributed by atoms with Crippen LogP contribution in [0.3, 0.4) is 0 Å². The molecule has 0 aliphatic carbocycles. The van der Waals surface area contributed by atoms with Gasteiger partial charge in [0.15, 0.2) is 0 Å². The largest absolute Gasteiger partial charge is 0.304 e. The summed E-state index contributed by atoms with van der Waals surface area (Å²) in [5, 5.41) is 10.5. The average Bonchev–Trinajstić information content (AvgIpc) is 2.32. The lowest BCUT2D eigenvalue weighted by molar-refractivity contribution is -0.387. The number of halogens is 2. The molecule has 0 bridgehead atoms. The minimum Gasteiger partial charge on any atom is -0.258 e. The fraction of sp³-hybridized carbons (Fsp3) is 0. The van der Waals surface area contributed by atoms with Crippen molar-refractivity contribution in [3.05, 3.63) is 62.0 Å². The second kappa shape index (κ2) is 5.66. The third-order valence-electron chi connectivity index (χ3n) is 2.17. The van der Waals surface area contributed by atoms with E-state index in [4.69, 9.17) is 0 Å². The molecule has 0 heterocycles. The molecule has 6 heteroatoms. The van der Waals surface area contributed by atoms with Gasteiger partial charge < -0.3 is 0 Å². The monoisotopic (exact) mass is 375 g/mol. The second-order valence-electron chi connectivity index (χ2n) is 3.43. The van der Waals surface area contributed by atoms with Gasteiger partial charge >= 0.3 is 5.69 Å². The maximum Gasteiger partial charge on any atom is 0.304 e. The van der Waals surface area contributed by atoms with Gasteiger partial charge in [0.1, 0.15) is 0 Å². The summed E-state index contributed by atoms with van der Waals surface area (Å²) in [5.41, 5.74) is -0.498. The topological polar surface area (TPSA) is 43.1 Å². The Morgan fingerprint density at radius 3 is 2.28 bits per heavy atom. The van der Waals surface area contributed by atoms with Crippen LogP contribution < -0.4 is 0 Å². The standard InChI is InChI=1S/C12H7FINO2S/c13-11-7-10(5-6-12(11)15(16)17)18-9-3-1-8(14)2-4-9/h1-7H. The van der Waals surface area contributed by atoms with Gasteiger partial charge in [-0.25, -0.2) is 0 Å². The second-order valence-corrected chi connectivity index (χ2v) is 5.82. The van der Waals surface area contributed by atoms with Gasteiger partial charge in [-0.15, -0.1) is 0 Å². The highest BCUT2D eigenvalue weighted by Gasteiger charge is 2.13. The Kier molecular flexibility index (Phi) is 4.18. The van der Waals surface area contributed by atoms with Crippen LogP contribution in [0.4, 0.5) is 10.1 Å². The van der Waals surface area contributed by atoms with E-state index in [-0.39, 0.29) is 0 Å². The van der Waals surface area contributed by atoms with Crippen LogP contribution in [0, 0.1) is 19.5 Å². The van der Waals surface area contributed by atoms with Crippen molar-refractivity contribution in [1.29, 1.82) is 0 Å². The molecule has 0 aliphatic heterocycles. The summed E-state index contributed by atoms with van der Waals surface area (Å²) in [6, 6.07) is 11.7. The zero-order chi connectivity index (χ0) is 13.1. The zero-order valence-electron chi connectivity index (χ0n) is 8.97. The fourth-order valence-electron chi connectivity index (χ4n) is 1.34. The molecule has 2 aromatic rings. The molecule has 0 unspecified atom stereocenters. The van der Waals surface area contributed by atoms with Crippen LogP contribution in [0.2, 0.25) is 0 Å². The predicted molar refractivity (Wildman–Crippen MR) is 76.3 cm³/mol. The molecule has 0 N–H and O–H groups in total. The smallest absolute Gasteiger partial charge is 0.258 e. The zero-order valence-corrected chi connectivity index (χ0v) is 11.9. The quantitative estimate of drug-likeness (QED) is 0.451. The van der Waals surface area contributed by atoms with E-state index in [1.54, 1.807) is 6.07 Å². The van der Waals surface area contributed by atoms with Crippen LogP contribution in [0.25, 0.3) is 0 Å². The normalized spacial score (nSPS) is 10.3. The van der Waals surface area contributed by atoms with Crippen molar-refractivity contribution < 1.29 is 9.31 Å². The predicted octanol–water partition coefficient (Wildman–Crippen LogP) is 4.49. The number of nitrogens with zero attached hydrogens (tertiary/aromatic N) is 1. The Bertz CT molecular complexity index is 589. The molecule has 0 aliphatic rings. The third kappa shape index (κ3) is 3.20. The Hall–Kier alpha value is -1.15. The number of nitro benzene ring substituents is 1. The number of rotatable bonds is 3. The summed E-state index contributed by atoms with van der Waals surface area (Å²) in [6.07, 6.45) is 0. The highest BCUT2D eigenvalue weighted by molar-refractivity contribution is 14.1. The van der Waals surface area contributed by atoms with Gasteiger partial charge in [-0.1, -0.05) is 11.8 Å². The van der Waals surface area contributed by atoms with E-state index in [1.165, 1.54) is 23.9 Å². The summed E-state index contributed by atoms with van der Waals surface area (Å²) in [5.74, 6) is -0.810. The molecule has 0 saturated carbocycles. The van der Waals surface area contributed by atoms with Crippen LogP contribution in [-0.2, 0) is 0 Å². The van der Waals surface area contributed by atoms with Gasteiger partial charge in [0.2, 0.25) is 5.82 Å². The lowest BCUT2D eigenvalue weighted by Crippen LogP contribution is -1.92. The summed E-state index contributed by atoms with van der Waals surface area (Å²) < 4.78 is 14.5. The molecule has 92 valence electrons. The molecule has 2 aromatic carbocycles.